The quantitative estimate of drug-likeness (QED) is 0.188. The number of H-pyrrole nitrogens is 1. The zero-order valence-corrected chi connectivity index (χ0v) is 21.4. The normalized spacial score (nSPS) is 11.7. The van der Waals surface area contributed by atoms with Crippen LogP contribution in [-0.2, 0) is 17.8 Å². The largest absolute Gasteiger partial charge is 0.494 e. The fourth-order valence-corrected chi connectivity index (χ4v) is 4.60. The fraction of sp³-hybridized carbons (Fsp3) is 0.125. The molecule has 2 N–H and O–H groups in total. The number of nitrogens with zero attached hydrogens (tertiary/aromatic N) is 2. The molecule has 1 aromatic heterocycles. The van der Waals surface area contributed by atoms with Crippen LogP contribution in [-0.4, -0.2) is 40.8 Å². The van der Waals surface area contributed by atoms with Crippen molar-refractivity contribution in [1.82, 2.24) is 9.88 Å². The van der Waals surface area contributed by atoms with E-state index in [0.29, 0.717) is 22.4 Å². The second-order valence-corrected chi connectivity index (χ2v) is 9.25. The molecule has 0 saturated carbocycles. The molecule has 6 nitrogen and oxygen atoms in total. The maximum atomic E-state index is 12.0. The number of nitrogens with one attached hydrogen (secondary N) is 1. The molecule has 190 valence electrons. The third kappa shape index (κ3) is 5.51. The van der Waals surface area contributed by atoms with Crippen molar-refractivity contribution in [1.29, 1.82) is 0 Å². The first-order chi connectivity index (χ1) is 18.5. The number of aliphatic imine (C=N–C) groups is 1. The molecule has 0 bridgehead atoms. The highest BCUT2D eigenvalue weighted by Gasteiger charge is 2.20. The minimum Gasteiger partial charge on any atom is -0.494 e. The first-order valence-electron chi connectivity index (χ1n) is 12.4. The first-order valence-corrected chi connectivity index (χ1v) is 12.4. The molecule has 0 amide bonds. The van der Waals surface area contributed by atoms with E-state index in [1.165, 1.54) is 18.2 Å². The van der Waals surface area contributed by atoms with Gasteiger partial charge in [-0.05, 0) is 42.4 Å². The summed E-state index contributed by atoms with van der Waals surface area (Å²) in [6, 6.07) is 33.5. The fourth-order valence-electron chi connectivity index (χ4n) is 4.60. The summed E-state index contributed by atoms with van der Waals surface area (Å²) in [7, 11) is 3.45. The summed E-state index contributed by atoms with van der Waals surface area (Å²) in [5.41, 5.74) is 6.35. The number of hydrogen-bond donors (Lipinski definition) is 2. The predicted molar refractivity (Wildman–Crippen MR) is 151 cm³/mol. The van der Waals surface area contributed by atoms with Crippen molar-refractivity contribution in [2.24, 2.45) is 4.99 Å². The van der Waals surface area contributed by atoms with E-state index >= 15 is 0 Å². The highest BCUT2D eigenvalue weighted by atomic mass is 16.5. The molecule has 0 radical (unpaired) electrons. The van der Waals surface area contributed by atoms with Gasteiger partial charge in [-0.25, -0.2) is 9.79 Å². The topological polar surface area (TPSA) is 77.9 Å². The summed E-state index contributed by atoms with van der Waals surface area (Å²) in [4.78, 5) is 22.2. The molecule has 0 fully saturated rings. The zero-order valence-electron chi connectivity index (χ0n) is 21.4. The van der Waals surface area contributed by atoms with Crippen molar-refractivity contribution in [3.05, 3.63) is 131 Å². The number of benzene rings is 4. The van der Waals surface area contributed by atoms with Crippen molar-refractivity contribution < 1.29 is 14.6 Å². The van der Waals surface area contributed by atoms with Gasteiger partial charge in [-0.3, -0.25) is 4.90 Å². The van der Waals surface area contributed by atoms with E-state index in [4.69, 9.17) is 9.73 Å². The molecule has 1 heterocycles. The molecule has 0 aliphatic rings. The Morgan fingerprint density at radius 3 is 2.13 bits per heavy atom. The molecule has 5 aromatic rings. The Morgan fingerprint density at radius 2 is 1.47 bits per heavy atom. The number of aromatic nitrogens is 1. The maximum Gasteiger partial charge on any atom is 0.337 e. The molecule has 0 saturated heterocycles. The number of carbonyl (C=O) groups excluding carboxylic acids is 1. The van der Waals surface area contributed by atoms with Crippen LogP contribution in [0.3, 0.4) is 0 Å². The van der Waals surface area contributed by atoms with E-state index in [1.54, 1.807) is 18.2 Å². The minimum absolute atomic E-state index is 0.0104. The van der Waals surface area contributed by atoms with Crippen LogP contribution in [0.1, 0.15) is 32.6 Å². The van der Waals surface area contributed by atoms with Crippen molar-refractivity contribution >= 4 is 28.3 Å². The lowest BCUT2D eigenvalue weighted by atomic mass is 10.00. The van der Waals surface area contributed by atoms with Gasteiger partial charge in [-0.1, -0.05) is 78.9 Å². The van der Waals surface area contributed by atoms with Gasteiger partial charge in [0.15, 0.2) is 5.88 Å². The number of esters is 1. The second-order valence-electron chi connectivity index (χ2n) is 9.25. The summed E-state index contributed by atoms with van der Waals surface area (Å²) in [5, 5.41) is 11.7. The third-order valence-corrected chi connectivity index (χ3v) is 6.41. The lowest BCUT2D eigenvalue weighted by molar-refractivity contribution is 0.0601. The minimum atomic E-state index is -0.436. The van der Waals surface area contributed by atoms with Crippen molar-refractivity contribution in [2.75, 3.05) is 14.2 Å². The number of aromatic hydroxyl groups is 1. The van der Waals surface area contributed by atoms with Gasteiger partial charge in [0.1, 0.15) is 0 Å². The third-order valence-electron chi connectivity index (χ3n) is 6.41. The van der Waals surface area contributed by atoms with Gasteiger partial charge in [0.05, 0.1) is 29.6 Å². The van der Waals surface area contributed by atoms with Gasteiger partial charge < -0.3 is 14.8 Å². The molecule has 0 spiro atoms. The van der Waals surface area contributed by atoms with Gasteiger partial charge in [-0.15, -0.1) is 0 Å². The predicted octanol–water partition coefficient (Wildman–Crippen LogP) is 6.46. The molecule has 0 unspecified atom stereocenters. The number of hydrogen-bond acceptors (Lipinski definition) is 5. The lowest BCUT2D eigenvalue weighted by Gasteiger charge is -2.17. The van der Waals surface area contributed by atoms with Crippen molar-refractivity contribution in [3.8, 4) is 5.88 Å². The summed E-state index contributed by atoms with van der Waals surface area (Å²) >= 11 is 0. The van der Waals surface area contributed by atoms with Gasteiger partial charge in [-0.2, -0.15) is 0 Å². The van der Waals surface area contributed by atoms with Crippen LogP contribution in [0.5, 0.6) is 5.88 Å². The summed E-state index contributed by atoms with van der Waals surface area (Å²) in [5.74, 6) is -0.447. The Morgan fingerprint density at radius 1 is 0.842 bits per heavy atom. The monoisotopic (exact) mass is 503 g/mol. The number of rotatable bonds is 8. The summed E-state index contributed by atoms with van der Waals surface area (Å²) < 4.78 is 4.84. The van der Waals surface area contributed by atoms with Crippen molar-refractivity contribution in [3.63, 3.8) is 0 Å². The number of methoxy groups -OCH3 is 1. The van der Waals surface area contributed by atoms with E-state index in [9.17, 15) is 9.90 Å². The number of fused-ring (bicyclic) bond motifs is 1. The Bertz CT molecular complexity index is 1570. The molecule has 5 rings (SSSR count). The Balaban J connectivity index is 1.47. The van der Waals surface area contributed by atoms with Gasteiger partial charge in [0.25, 0.3) is 0 Å². The Hall–Kier alpha value is -4.68. The molecular formula is C32H29N3O3. The highest BCUT2D eigenvalue weighted by Crippen LogP contribution is 2.32. The molecule has 0 atom stereocenters. The van der Waals surface area contributed by atoms with E-state index in [-0.39, 0.29) is 5.88 Å². The van der Waals surface area contributed by atoms with Crippen LogP contribution in [0.4, 0.5) is 5.69 Å². The van der Waals surface area contributed by atoms with Gasteiger partial charge in [0, 0.05) is 29.6 Å². The van der Waals surface area contributed by atoms with Crippen LogP contribution in [0.25, 0.3) is 10.9 Å². The molecule has 4 aromatic carbocycles. The van der Waals surface area contributed by atoms with Crippen LogP contribution >= 0.6 is 0 Å². The maximum absolute atomic E-state index is 12.0. The average Bonchev–Trinajstić information content (AvgIpc) is 3.27. The Labute approximate surface area is 221 Å². The molecule has 38 heavy (non-hydrogen) atoms. The average molecular weight is 504 g/mol. The Kier molecular flexibility index (Phi) is 7.33. The highest BCUT2D eigenvalue weighted by molar-refractivity contribution is 6.22. The molecule has 0 aliphatic heterocycles. The van der Waals surface area contributed by atoms with Crippen LogP contribution in [0.2, 0.25) is 0 Å². The standard InChI is InChI=1S/C32H29N3O3/c1-35(20-22-9-5-3-6-10-22)21-23-13-16-26(17-14-23)33-30(24-11-7-4-8-12-24)29-27-18-15-25(32(37)38-2)19-28(27)34-31(29)36/h3-19,34,36H,20-21H2,1-2H3. The lowest BCUT2D eigenvalue weighted by Crippen LogP contribution is -2.17. The van der Waals surface area contributed by atoms with E-state index in [2.05, 4.69) is 53.3 Å². The van der Waals surface area contributed by atoms with Crippen LogP contribution in [0, 0.1) is 0 Å². The number of aromatic amines is 1. The second kappa shape index (κ2) is 11.2. The zero-order chi connectivity index (χ0) is 26.5. The molecule has 6 heteroatoms. The van der Waals surface area contributed by atoms with Crippen LogP contribution in [0.15, 0.2) is 108 Å². The van der Waals surface area contributed by atoms with E-state index in [0.717, 1.165) is 29.7 Å². The van der Waals surface area contributed by atoms with E-state index < -0.39 is 5.97 Å². The summed E-state index contributed by atoms with van der Waals surface area (Å²) in [6.07, 6.45) is 0. The molecule has 0 aliphatic carbocycles. The smallest absolute Gasteiger partial charge is 0.337 e. The van der Waals surface area contributed by atoms with Gasteiger partial charge in [0.2, 0.25) is 0 Å². The van der Waals surface area contributed by atoms with Gasteiger partial charge >= 0.3 is 5.97 Å². The van der Waals surface area contributed by atoms with Crippen LogP contribution < -0.4 is 0 Å². The number of ether oxygens (including phenoxy) is 1. The number of carbonyl (C=O) groups is 1. The van der Waals surface area contributed by atoms with E-state index in [1.807, 2.05) is 48.5 Å². The SMILES string of the molecule is COC(=O)c1ccc2c(C(=Nc3ccc(CN(C)Cc4ccccc4)cc3)c3ccccc3)c(O)[nH]c2c1. The first kappa shape index (κ1) is 25.0. The summed E-state index contributed by atoms with van der Waals surface area (Å²) in [6.45, 7) is 1.69. The van der Waals surface area contributed by atoms with Crippen molar-refractivity contribution in [2.45, 2.75) is 13.1 Å². The molecular weight excluding hydrogens is 474 g/mol.